The number of carbonyl (C=O) groups excluding carboxylic acids is 2. The van der Waals surface area contributed by atoms with Gasteiger partial charge in [-0.15, -0.1) is 0 Å². The van der Waals surface area contributed by atoms with Gasteiger partial charge in [-0.3, -0.25) is 10.1 Å². The zero-order chi connectivity index (χ0) is 18.0. The molecule has 1 N–H and O–H groups in total. The lowest BCUT2D eigenvalue weighted by molar-refractivity contribution is -0.127. The van der Waals surface area contributed by atoms with Crippen LogP contribution < -0.4 is 10.1 Å². The van der Waals surface area contributed by atoms with E-state index < -0.39 is 18.2 Å². The van der Waals surface area contributed by atoms with Crippen LogP contribution in [0.4, 0.5) is 4.79 Å². The van der Waals surface area contributed by atoms with Gasteiger partial charge in [-0.1, -0.05) is 30.8 Å². The molecular formula is C17H22N4O3S. The Hall–Kier alpha value is -2.22. The lowest BCUT2D eigenvalue weighted by Crippen LogP contribution is -2.63. The molecule has 2 aliphatic heterocycles. The Morgan fingerprint density at radius 1 is 1.28 bits per heavy atom. The summed E-state index contributed by atoms with van der Waals surface area (Å²) in [4.78, 5) is 32.4. The molecule has 2 heterocycles. The van der Waals surface area contributed by atoms with Crippen molar-refractivity contribution in [2.45, 2.75) is 25.6 Å². The normalized spacial score (nSPS) is 22.6. The van der Waals surface area contributed by atoms with Crippen LogP contribution in [0.5, 0.6) is 5.75 Å². The second-order valence-corrected chi connectivity index (χ2v) is 7.13. The predicted molar refractivity (Wildman–Crippen MR) is 97.8 cm³/mol. The second-order valence-electron chi connectivity index (χ2n) is 5.90. The van der Waals surface area contributed by atoms with Crippen molar-refractivity contribution in [1.82, 2.24) is 15.1 Å². The first-order chi connectivity index (χ1) is 12.0. The van der Waals surface area contributed by atoms with E-state index in [9.17, 15) is 9.59 Å². The highest BCUT2D eigenvalue weighted by Crippen LogP contribution is 2.28. The van der Waals surface area contributed by atoms with Gasteiger partial charge in [0.2, 0.25) is 0 Å². The van der Waals surface area contributed by atoms with E-state index >= 15 is 0 Å². The molecule has 2 aliphatic rings. The summed E-state index contributed by atoms with van der Waals surface area (Å²) < 4.78 is 5.18. The summed E-state index contributed by atoms with van der Waals surface area (Å²) in [5.74, 6) is 1.40. The minimum atomic E-state index is -0.463. The number of nitrogens with zero attached hydrogens (tertiary/aromatic N) is 3. The maximum atomic E-state index is 12.4. The lowest BCUT2D eigenvalue weighted by atomic mass is 10.1. The maximum absolute atomic E-state index is 12.4. The van der Waals surface area contributed by atoms with Crippen LogP contribution in [0.3, 0.4) is 0 Å². The molecule has 8 heteroatoms. The van der Waals surface area contributed by atoms with Crippen molar-refractivity contribution < 1.29 is 14.3 Å². The number of rotatable bonds is 5. The Bertz CT molecular complexity index is 692. The number of imide groups is 1. The summed E-state index contributed by atoms with van der Waals surface area (Å²) in [5, 5.41) is 3.24. The van der Waals surface area contributed by atoms with Gasteiger partial charge in [0.05, 0.1) is 7.11 Å². The van der Waals surface area contributed by atoms with E-state index in [-0.39, 0.29) is 5.91 Å². The third-order valence-corrected chi connectivity index (χ3v) is 5.28. The molecule has 7 nitrogen and oxygen atoms in total. The van der Waals surface area contributed by atoms with Crippen LogP contribution in [0.15, 0.2) is 29.3 Å². The molecular weight excluding hydrogens is 340 g/mol. The highest BCUT2D eigenvalue weighted by atomic mass is 32.2. The quantitative estimate of drug-likeness (QED) is 0.860. The van der Waals surface area contributed by atoms with E-state index in [1.165, 1.54) is 4.90 Å². The van der Waals surface area contributed by atoms with E-state index in [1.807, 2.05) is 36.1 Å². The van der Waals surface area contributed by atoms with Gasteiger partial charge in [-0.2, -0.15) is 0 Å². The zero-order valence-electron chi connectivity index (χ0n) is 14.6. The maximum Gasteiger partial charge on any atom is 0.325 e. The highest BCUT2D eigenvalue weighted by Gasteiger charge is 2.48. The van der Waals surface area contributed by atoms with Gasteiger partial charge in [0.1, 0.15) is 5.75 Å². The number of likely N-dealkylation sites (N-methyl/N-ethyl adjacent to an activating group) is 1. The number of benzene rings is 1. The SMILES string of the molecule is CCSC1=NC2C(C(=O)NC(=O)N2C)N1CCc1ccc(OC)cc1. The van der Waals surface area contributed by atoms with Crippen LogP contribution >= 0.6 is 11.8 Å². The molecule has 25 heavy (non-hydrogen) atoms. The number of amidine groups is 1. The smallest absolute Gasteiger partial charge is 0.325 e. The molecule has 0 saturated carbocycles. The van der Waals surface area contributed by atoms with Gasteiger partial charge in [0, 0.05) is 13.6 Å². The summed E-state index contributed by atoms with van der Waals surface area (Å²) >= 11 is 1.60. The summed E-state index contributed by atoms with van der Waals surface area (Å²) in [6, 6.07) is 7.04. The Labute approximate surface area is 151 Å². The molecule has 1 fully saturated rings. The van der Waals surface area contributed by atoms with Crippen LogP contribution in [-0.4, -0.2) is 65.6 Å². The minimum absolute atomic E-state index is 0.279. The number of hydrogen-bond donors (Lipinski definition) is 1. The fraction of sp³-hybridized carbons (Fsp3) is 0.471. The number of hydrogen-bond acceptors (Lipinski definition) is 6. The second kappa shape index (κ2) is 7.35. The standard InChI is InChI=1S/C17H22N4O3S/c1-4-25-17-18-14-13(15(22)19-16(23)20(14)2)21(17)10-9-11-5-7-12(24-3)8-6-11/h5-8,13-14H,4,9-10H2,1-3H3,(H,19,22,23). The Morgan fingerprint density at radius 2 is 2.00 bits per heavy atom. The third-order valence-electron chi connectivity index (χ3n) is 4.40. The molecule has 3 amide bonds. The third kappa shape index (κ3) is 3.44. The van der Waals surface area contributed by atoms with Crippen LogP contribution in [0.25, 0.3) is 0 Å². The molecule has 0 bridgehead atoms. The molecule has 1 aromatic rings. The number of aliphatic imine (C=N–C) groups is 1. The summed E-state index contributed by atoms with van der Waals surface area (Å²) in [7, 11) is 3.31. The Balaban J connectivity index is 1.76. The minimum Gasteiger partial charge on any atom is -0.497 e. The Kier molecular flexibility index (Phi) is 5.17. The number of ether oxygens (including phenoxy) is 1. The number of thioether (sulfide) groups is 1. The fourth-order valence-electron chi connectivity index (χ4n) is 3.03. The van der Waals surface area contributed by atoms with E-state index in [1.54, 1.807) is 25.9 Å². The van der Waals surface area contributed by atoms with Gasteiger partial charge in [0.15, 0.2) is 17.4 Å². The van der Waals surface area contributed by atoms with Gasteiger partial charge in [0.25, 0.3) is 5.91 Å². The van der Waals surface area contributed by atoms with Gasteiger partial charge in [-0.25, -0.2) is 9.79 Å². The van der Waals surface area contributed by atoms with Crippen molar-refractivity contribution in [2.24, 2.45) is 4.99 Å². The van der Waals surface area contributed by atoms with Crippen molar-refractivity contribution >= 4 is 28.9 Å². The van der Waals surface area contributed by atoms with Crippen LogP contribution in [0.1, 0.15) is 12.5 Å². The molecule has 0 spiro atoms. The van der Waals surface area contributed by atoms with Crippen molar-refractivity contribution in [1.29, 1.82) is 0 Å². The molecule has 2 unspecified atom stereocenters. The van der Waals surface area contributed by atoms with Gasteiger partial charge in [-0.05, 0) is 29.9 Å². The molecule has 0 aromatic heterocycles. The number of carbonyl (C=O) groups is 2. The first-order valence-electron chi connectivity index (χ1n) is 8.23. The van der Waals surface area contributed by atoms with E-state index in [0.29, 0.717) is 6.54 Å². The largest absolute Gasteiger partial charge is 0.497 e. The van der Waals surface area contributed by atoms with Crippen molar-refractivity contribution in [2.75, 3.05) is 26.5 Å². The summed E-state index contributed by atoms with van der Waals surface area (Å²) in [5.41, 5.74) is 1.16. The van der Waals surface area contributed by atoms with Crippen LogP contribution in [0, 0.1) is 0 Å². The topological polar surface area (TPSA) is 74.2 Å². The number of amides is 3. The molecule has 134 valence electrons. The summed E-state index contributed by atoms with van der Waals surface area (Å²) in [6.07, 6.45) is 0.327. The van der Waals surface area contributed by atoms with E-state index in [2.05, 4.69) is 10.3 Å². The van der Waals surface area contributed by atoms with Crippen molar-refractivity contribution in [3.05, 3.63) is 29.8 Å². The highest BCUT2D eigenvalue weighted by molar-refractivity contribution is 8.13. The first-order valence-corrected chi connectivity index (χ1v) is 9.21. The summed E-state index contributed by atoms with van der Waals surface area (Å²) in [6.45, 7) is 2.71. The van der Waals surface area contributed by atoms with E-state index in [4.69, 9.17) is 4.74 Å². The monoisotopic (exact) mass is 362 g/mol. The van der Waals surface area contributed by atoms with Crippen molar-refractivity contribution in [3.8, 4) is 5.75 Å². The number of methoxy groups -OCH3 is 1. The van der Waals surface area contributed by atoms with Gasteiger partial charge >= 0.3 is 6.03 Å². The van der Waals surface area contributed by atoms with Crippen molar-refractivity contribution in [3.63, 3.8) is 0 Å². The van der Waals surface area contributed by atoms with Crippen LogP contribution in [0.2, 0.25) is 0 Å². The zero-order valence-corrected chi connectivity index (χ0v) is 15.4. The fourth-order valence-corrected chi connectivity index (χ4v) is 3.84. The average Bonchev–Trinajstić information content (AvgIpc) is 2.98. The number of nitrogens with one attached hydrogen (secondary N) is 1. The average molecular weight is 362 g/mol. The lowest BCUT2D eigenvalue weighted by Gasteiger charge is -2.36. The first kappa shape index (κ1) is 17.6. The van der Waals surface area contributed by atoms with E-state index in [0.717, 1.165) is 28.7 Å². The Morgan fingerprint density at radius 3 is 2.64 bits per heavy atom. The molecule has 2 atom stereocenters. The molecule has 1 aromatic carbocycles. The predicted octanol–water partition coefficient (Wildman–Crippen LogP) is 1.54. The van der Waals surface area contributed by atoms with Crippen LogP contribution in [-0.2, 0) is 11.2 Å². The molecule has 1 saturated heterocycles. The number of urea groups is 1. The molecule has 3 rings (SSSR count). The molecule has 0 aliphatic carbocycles. The van der Waals surface area contributed by atoms with Gasteiger partial charge < -0.3 is 14.5 Å². The molecule has 0 radical (unpaired) electrons. The number of fused-ring (bicyclic) bond motifs is 1.